The molecule has 0 saturated heterocycles. The van der Waals surface area contributed by atoms with E-state index in [1.165, 1.54) is 23.9 Å². The molecule has 3 nitrogen and oxygen atoms in total. The molecule has 0 unspecified atom stereocenters. The summed E-state index contributed by atoms with van der Waals surface area (Å²) in [5.74, 6) is 1.84. The van der Waals surface area contributed by atoms with E-state index in [4.69, 9.17) is 15.2 Å². The van der Waals surface area contributed by atoms with E-state index in [9.17, 15) is 4.39 Å². The molecule has 0 fully saturated rings. The topological polar surface area (TPSA) is 44.5 Å². The summed E-state index contributed by atoms with van der Waals surface area (Å²) in [7, 11) is 0. The Morgan fingerprint density at radius 1 is 1.10 bits per heavy atom. The van der Waals surface area contributed by atoms with Crippen molar-refractivity contribution in [2.45, 2.75) is 11.8 Å². The molecule has 2 rings (SSSR count). The molecule has 0 aliphatic rings. The third-order valence-electron chi connectivity index (χ3n) is 2.72. The first-order valence-electron chi connectivity index (χ1n) is 6.73. The second kappa shape index (κ2) is 7.78. The highest BCUT2D eigenvalue weighted by atomic mass is 32.2. The number of nitrogens with two attached hydrogens (primary N) is 1. The lowest BCUT2D eigenvalue weighted by Gasteiger charge is -2.11. The van der Waals surface area contributed by atoms with Gasteiger partial charge in [0.1, 0.15) is 5.82 Å². The quantitative estimate of drug-likeness (QED) is 0.477. The minimum absolute atomic E-state index is 0.283. The zero-order valence-corrected chi connectivity index (χ0v) is 12.7. The number of hydrogen-bond donors (Lipinski definition) is 1. The number of hydrogen-bond acceptors (Lipinski definition) is 4. The number of rotatable bonds is 7. The maximum Gasteiger partial charge on any atom is 0.161 e. The molecule has 0 heterocycles. The highest BCUT2D eigenvalue weighted by Crippen LogP contribution is 2.28. The zero-order valence-electron chi connectivity index (χ0n) is 11.8. The number of benzene rings is 2. The van der Waals surface area contributed by atoms with Crippen molar-refractivity contribution in [1.82, 2.24) is 0 Å². The van der Waals surface area contributed by atoms with Crippen LogP contribution < -0.4 is 15.2 Å². The molecule has 0 atom stereocenters. The van der Waals surface area contributed by atoms with Crippen LogP contribution in [0.5, 0.6) is 11.5 Å². The van der Waals surface area contributed by atoms with Crippen molar-refractivity contribution in [1.29, 1.82) is 0 Å². The average Bonchev–Trinajstić information content (AvgIpc) is 2.49. The minimum atomic E-state index is -0.283. The van der Waals surface area contributed by atoms with E-state index in [0.717, 1.165) is 10.6 Å². The molecule has 0 aromatic heterocycles. The van der Waals surface area contributed by atoms with Gasteiger partial charge >= 0.3 is 0 Å². The van der Waals surface area contributed by atoms with Crippen LogP contribution in [0.1, 0.15) is 6.92 Å². The van der Waals surface area contributed by atoms with Gasteiger partial charge in [-0.2, -0.15) is 0 Å². The molecule has 0 bridgehead atoms. The molecule has 21 heavy (non-hydrogen) atoms. The van der Waals surface area contributed by atoms with Crippen LogP contribution in [-0.2, 0) is 0 Å². The summed E-state index contributed by atoms with van der Waals surface area (Å²) in [6.45, 7) is 3.01. The third kappa shape index (κ3) is 4.56. The van der Waals surface area contributed by atoms with Gasteiger partial charge in [-0.1, -0.05) is 12.1 Å². The molecular formula is C16H18FNO2S. The largest absolute Gasteiger partial charge is 0.490 e. The molecule has 0 radical (unpaired) electrons. The van der Waals surface area contributed by atoms with E-state index in [2.05, 4.69) is 0 Å². The molecule has 2 N–H and O–H groups in total. The van der Waals surface area contributed by atoms with E-state index in [1.807, 2.05) is 31.2 Å². The summed E-state index contributed by atoms with van der Waals surface area (Å²) in [5.41, 5.74) is 6.38. The molecule has 0 amide bonds. The fourth-order valence-electron chi connectivity index (χ4n) is 1.78. The second-order valence-electron chi connectivity index (χ2n) is 4.26. The number of anilines is 1. The molecular weight excluding hydrogens is 289 g/mol. The van der Waals surface area contributed by atoms with Crippen molar-refractivity contribution in [3.63, 3.8) is 0 Å². The monoisotopic (exact) mass is 307 g/mol. The third-order valence-corrected chi connectivity index (χ3v) is 3.76. The van der Waals surface area contributed by atoms with Crippen LogP contribution >= 0.6 is 11.8 Å². The molecule has 2 aromatic carbocycles. The molecule has 0 aliphatic carbocycles. The Morgan fingerprint density at radius 3 is 2.52 bits per heavy atom. The van der Waals surface area contributed by atoms with Crippen LogP contribution in [0.25, 0.3) is 0 Å². The SMILES string of the molecule is CCOc1ccccc1OCCSc1cc(F)ccc1N. The predicted molar refractivity (Wildman–Crippen MR) is 84.6 cm³/mol. The molecule has 5 heteroatoms. The number of ether oxygens (including phenoxy) is 2. The van der Waals surface area contributed by atoms with Gasteiger partial charge in [0.2, 0.25) is 0 Å². The van der Waals surface area contributed by atoms with Crippen molar-refractivity contribution < 1.29 is 13.9 Å². The fraction of sp³-hybridized carbons (Fsp3) is 0.250. The van der Waals surface area contributed by atoms with Crippen molar-refractivity contribution in [2.75, 3.05) is 24.7 Å². The summed E-state index contributed by atoms with van der Waals surface area (Å²) in [6, 6.07) is 11.9. The Labute approximate surface area is 128 Å². The van der Waals surface area contributed by atoms with Gasteiger partial charge in [0, 0.05) is 16.3 Å². The van der Waals surface area contributed by atoms with Crippen LogP contribution in [0.4, 0.5) is 10.1 Å². The van der Waals surface area contributed by atoms with Crippen LogP contribution in [0.3, 0.4) is 0 Å². The van der Waals surface area contributed by atoms with Gasteiger partial charge in [0.05, 0.1) is 13.2 Å². The average molecular weight is 307 g/mol. The first kappa shape index (κ1) is 15.5. The van der Waals surface area contributed by atoms with Crippen molar-refractivity contribution in [3.8, 4) is 11.5 Å². The fourth-order valence-corrected chi connectivity index (χ4v) is 2.60. The molecule has 2 aromatic rings. The Balaban J connectivity index is 1.86. The minimum Gasteiger partial charge on any atom is -0.490 e. The maximum absolute atomic E-state index is 13.1. The number of para-hydroxylation sites is 2. The maximum atomic E-state index is 13.1. The molecule has 0 aliphatic heterocycles. The first-order valence-corrected chi connectivity index (χ1v) is 7.71. The summed E-state index contributed by atoms with van der Waals surface area (Å²) in [5, 5.41) is 0. The van der Waals surface area contributed by atoms with Crippen LogP contribution in [0.2, 0.25) is 0 Å². The molecule has 0 spiro atoms. The van der Waals surface area contributed by atoms with Gasteiger partial charge in [-0.3, -0.25) is 0 Å². The van der Waals surface area contributed by atoms with E-state index >= 15 is 0 Å². The summed E-state index contributed by atoms with van der Waals surface area (Å²) < 4.78 is 24.3. The van der Waals surface area contributed by atoms with Gasteiger partial charge in [-0.25, -0.2) is 4.39 Å². The van der Waals surface area contributed by atoms with Crippen molar-refractivity contribution in [2.24, 2.45) is 0 Å². The first-order chi connectivity index (χ1) is 10.2. The van der Waals surface area contributed by atoms with Crippen LogP contribution in [0, 0.1) is 5.82 Å². The van der Waals surface area contributed by atoms with Crippen LogP contribution in [0.15, 0.2) is 47.4 Å². The summed E-state index contributed by atoms with van der Waals surface area (Å²) in [4.78, 5) is 0.733. The lowest BCUT2D eigenvalue weighted by molar-refractivity contribution is 0.289. The highest BCUT2D eigenvalue weighted by Gasteiger charge is 2.05. The van der Waals surface area contributed by atoms with Gasteiger partial charge in [-0.15, -0.1) is 11.8 Å². The standard InChI is InChI=1S/C16H18FNO2S/c1-2-19-14-5-3-4-6-15(14)20-9-10-21-16-11-12(17)7-8-13(16)18/h3-8,11H,2,9-10,18H2,1H3. The van der Waals surface area contributed by atoms with Gasteiger partial charge in [-0.05, 0) is 37.3 Å². The predicted octanol–water partition coefficient (Wildman–Crippen LogP) is 3.98. The van der Waals surface area contributed by atoms with Gasteiger partial charge in [0.15, 0.2) is 11.5 Å². The van der Waals surface area contributed by atoms with E-state index in [0.29, 0.717) is 30.4 Å². The van der Waals surface area contributed by atoms with Crippen molar-refractivity contribution >= 4 is 17.4 Å². The van der Waals surface area contributed by atoms with Gasteiger partial charge in [0.25, 0.3) is 0 Å². The van der Waals surface area contributed by atoms with E-state index in [1.54, 1.807) is 6.07 Å². The van der Waals surface area contributed by atoms with E-state index in [-0.39, 0.29) is 5.82 Å². The molecule has 0 saturated carbocycles. The normalized spacial score (nSPS) is 10.4. The second-order valence-corrected chi connectivity index (χ2v) is 5.40. The summed E-state index contributed by atoms with van der Waals surface area (Å²) in [6.07, 6.45) is 0. The number of halogens is 1. The lowest BCUT2D eigenvalue weighted by atomic mass is 10.3. The summed E-state index contributed by atoms with van der Waals surface area (Å²) >= 11 is 1.47. The Bertz CT molecular complexity index is 592. The number of thioether (sulfide) groups is 1. The highest BCUT2D eigenvalue weighted by molar-refractivity contribution is 7.99. The number of nitrogen functional groups attached to an aromatic ring is 1. The Kier molecular flexibility index (Phi) is 5.75. The van der Waals surface area contributed by atoms with Crippen molar-refractivity contribution in [3.05, 3.63) is 48.3 Å². The smallest absolute Gasteiger partial charge is 0.161 e. The zero-order chi connectivity index (χ0) is 15.1. The van der Waals surface area contributed by atoms with Gasteiger partial charge < -0.3 is 15.2 Å². The Hall–Kier alpha value is -1.88. The Morgan fingerprint density at radius 2 is 1.81 bits per heavy atom. The molecule has 112 valence electrons. The van der Waals surface area contributed by atoms with Crippen LogP contribution in [-0.4, -0.2) is 19.0 Å². The van der Waals surface area contributed by atoms with E-state index < -0.39 is 0 Å². The lowest BCUT2D eigenvalue weighted by Crippen LogP contribution is -2.03.